The van der Waals surface area contributed by atoms with Crippen molar-refractivity contribution in [3.8, 4) is 0 Å². The Kier molecular flexibility index (Phi) is 6.22. The third kappa shape index (κ3) is 4.27. The molecule has 0 bridgehead atoms. The summed E-state index contributed by atoms with van der Waals surface area (Å²) in [5.41, 5.74) is 0. The van der Waals surface area contributed by atoms with Crippen molar-refractivity contribution in [1.82, 2.24) is 9.62 Å². The van der Waals surface area contributed by atoms with Crippen molar-refractivity contribution in [1.29, 1.82) is 0 Å². The average Bonchev–Trinajstić information content (AvgIpc) is 2.90. The van der Waals surface area contributed by atoms with Crippen LogP contribution < -0.4 is 5.32 Å². The molecule has 21 heavy (non-hydrogen) atoms. The molecule has 1 aliphatic rings. The summed E-state index contributed by atoms with van der Waals surface area (Å²) in [7, 11) is -3.63. The Morgan fingerprint density at radius 1 is 1.38 bits per heavy atom. The molecule has 2 rings (SSSR count). The first kappa shape index (κ1) is 17.4. The van der Waals surface area contributed by atoms with Crippen LogP contribution in [0.3, 0.4) is 0 Å². The van der Waals surface area contributed by atoms with Gasteiger partial charge >= 0.3 is 0 Å². The highest BCUT2D eigenvalue weighted by Crippen LogP contribution is 2.28. The predicted octanol–water partition coefficient (Wildman–Crippen LogP) is 1.95. The van der Waals surface area contributed by atoms with E-state index in [0.29, 0.717) is 11.0 Å². The first-order chi connectivity index (χ1) is 9.95. The number of sulfonamides is 1. The lowest BCUT2D eigenvalue weighted by Crippen LogP contribution is -2.42. The van der Waals surface area contributed by atoms with Crippen LogP contribution in [0.2, 0.25) is 0 Å². The van der Waals surface area contributed by atoms with E-state index in [9.17, 15) is 13.5 Å². The molecule has 118 valence electrons. The monoisotopic (exact) mass is 440 g/mol. The minimum atomic E-state index is -3.63. The van der Waals surface area contributed by atoms with E-state index in [-0.39, 0.29) is 24.1 Å². The molecule has 0 amide bonds. The Hall–Kier alpha value is 0.01000. The summed E-state index contributed by atoms with van der Waals surface area (Å²) in [5, 5.41) is 12.5. The standard InChI is InChI=1S/C13H18Br2N2O3S/c14-10-3-4-13(12(15)8-10)21(19,20)17(6-7-18)9-11-2-1-5-16-11/h3-4,8,11,16,18H,1-2,5-7,9H2. The third-order valence-electron chi connectivity index (χ3n) is 3.45. The van der Waals surface area contributed by atoms with Crippen molar-refractivity contribution < 1.29 is 13.5 Å². The zero-order chi connectivity index (χ0) is 15.5. The van der Waals surface area contributed by atoms with Gasteiger partial charge in [0, 0.05) is 28.1 Å². The Bertz CT molecular complexity index is 589. The lowest BCUT2D eigenvalue weighted by molar-refractivity contribution is 0.246. The van der Waals surface area contributed by atoms with Gasteiger partial charge in [0.05, 0.1) is 11.5 Å². The highest BCUT2D eigenvalue weighted by molar-refractivity contribution is 9.11. The molecule has 1 saturated heterocycles. The van der Waals surface area contributed by atoms with E-state index < -0.39 is 10.0 Å². The van der Waals surface area contributed by atoms with Crippen molar-refractivity contribution in [2.24, 2.45) is 0 Å². The third-order valence-corrected chi connectivity index (χ3v) is 6.78. The number of nitrogens with zero attached hydrogens (tertiary/aromatic N) is 1. The maximum Gasteiger partial charge on any atom is 0.244 e. The molecule has 1 aromatic rings. The van der Waals surface area contributed by atoms with Gasteiger partial charge in [-0.05, 0) is 53.5 Å². The summed E-state index contributed by atoms with van der Waals surface area (Å²) < 4.78 is 28.2. The fourth-order valence-electron chi connectivity index (χ4n) is 2.40. The molecule has 0 spiro atoms. The molecule has 0 saturated carbocycles. The molecule has 1 atom stereocenters. The van der Waals surface area contributed by atoms with Crippen molar-refractivity contribution in [2.75, 3.05) is 26.2 Å². The van der Waals surface area contributed by atoms with Gasteiger partial charge in [-0.2, -0.15) is 4.31 Å². The number of halogens is 2. The van der Waals surface area contributed by atoms with Gasteiger partial charge in [-0.3, -0.25) is 0 Å². The molecule has 2 N–H and O–H groups in total. The minimum absolute atomic E-state index is 0.100. The van der Waals surface area contributed by atoms with E-state index >= 15 is 0 Å². The number of aliphatic hydroxyl groups is 1. The maximum atomic E-state index is 12.8. The van der Waals surface area contributed by atoms with Gasteiger partial charge in [0.15, 0.2) is 0 Å². The second-order valence-corrected chi connectivity index (χ2v) is 8.63. The lowest BCUT2D eigenvalue weighted by Gasteiger charge is -2.25. The fourth-order valence-corrected chi connectivity index (χ4v) is 5.59. The topological polar surface area (TPSA) is 69.6 Å². The van der Waals surface area contributed by atoms with Crippen molar-refractivity contribution in [2.45, 2.75) is 23.8 Å². The summed E-state index contributed by atoms with van der Waals surface area (Å²) in [4.78, 5) is 0.220. The van der Waals surface area contributed by atoms with Crippen molar-refractivity contribution >= 4 is 41.9 Å². The quantitative estimate of drug-likeness (QED) is 0.707. The number of nitrogens with one attached hydrogen (secondary N) is 1. The largest absolute Gasteiger partial charge is 0.395 e. The second kappa shape index (κ2) is 7.52. The van der Waals surface area contributed by atoms with E-state index in [0.717, 1.165) is 23.9 Å². The van der Waals surface area contributed by atoms with Crippen LogP contribution in [-0.2, 0) is 10.0 Å². The molecule has 0 radical (unpaired) electrons. The Balaban J connectivity index is 2.27. The molecular weight excluding hydrogens is 424 g/mol. The van der Waals surface area contributed by atoms with E-state index in [1.165, 1.54) is 4.31 Å². The molecule has 1 unspecified atom stereocenters. The van der Waals surface area contributed by atoms with E-state index in [4.69, 9.17) is 0 Å². The molecule has 0 aromatic heterocycles. The number of aliphatic hydroxyl groups excluding tert-OH is 1. The van der Waals surface area contributed by atoms with Gasteiger partial charge in [-0.15, -0.1) is 0 Å². The van der Waals surface area contributed by atoms with Crippen LogP contribution in [0.4, 0.5) is 0 Å². The van der Waals surface area contributed by atoms with Gasteiger partial charge in [-0.1, -0.05) is 15.9 Å². The lowest BCUT2D eigenvalue weighted by atomic mass is 10.2. The molecule has 1 heterocycles. The van der Waals surface area contributed by atoms with Gasteiger partial charge in [0.25, 0.3) is 0 Å². The van der Waals surface area contributed by atoms with E-state index in [2.05, 4.69) is 37.2 Å². The molecule has 1 aromatic carbocycles. The molecular formula is C13H18Br2N2O3S. The molecule has 5 nitrogen and oxygen atoms in total. The first-order valence-corrected chi connectivity index (χ1v) is 9.77. The molecule has 8 heteroatoms. The second-order valence-electron chi connectivity index (χ2n) is 4.95. The van der Waals surface area contributed by atoms with Crippen LogP contribution in [-0.4, -0.2) is 50.1 Å². The van der Waals surface area contributed by atoms with Crippen LogP contribution in [0.1, 0.15) is 12.8 Å². The number of benzene rings is 1. The van der Waals surface area contributed by atoms with Crippen molar-refractivity contribution in [3.63, 3.8) is 0 Å². The van der Waals surface area contributed by atoms with Gasteiger partial charge < -0.3 is 10.4 Å². The highest BCUT2D eigenvalue weighted by atomic mass is 79.9. The Labute approximate surface area is 142 Å². The molecule has 1 aliphatic heterocycles. The van der Waals surface area contributed by atoms with Gasteiger partial charge in [0.1, 0.15) is 0 Å². The number of rotatable bonds is 6. The van der Waals surface area contributed by atoms with Gasteiger partial charge in [0.2, 0.25) is 10.0 Å². The average molecular weight is 442 g/mol. The summed E-state index contributed by atoms with van der Waals surface area (Å²) in [5.74, 6) is 0. The zero-order valence-corrected chi connectivity index (χ0v) is 15.4. The summed E-state index contributed by atoms with van der Waals surface area (Å²) in [6.45, 7) is 1.20. The Morgan fingerprint density at radius 2 is 2.14 bits per heavy atom. The summed E-state index contributed by atoms with van der Waals surface area (Å²) in [6.07, 6.45) is 2.01. The predicted molar refractivity (Wildman–Crippen MR) is 88.7 cm³/mol. The number of hydrogen-bond donors (Lipinski definition) is 2. The summed E-state index contributed by atoms with van der Waals surface area (Å²) in [6, 6.07) is 5.12. The minimum Gasteiger partial charge on any atom is -0.395 e. The van der Waals surface area contributed by atoms with Crippen LogP contribution in [0.15, 0.2) is 32.0 Å². The van der Waals surface area contributed by atoms with Crippen LogP contribution >= 0.6 is 31.9 Å². The SMILES string of the molecule is O=S(=O)(c1ccc(Br)cc1Br)N(CCO)CC1CCCN1. The van der Waals surface area contributed by atoms with Crippen LogP contribution in [0, 0.1) is 0 Å². The normalized spacial score (nSPS) is 19.3. The Morgan fingerprint density at radius 3 is 2.71 bits per heavy atom. The van der Waals surface area contributed by atoms with Crippen LogP contribution in [0.5, 0.6) is 0 Å². The summed E-state index contributed by atoms with van der Waals surface area (Å²) >= 11 is 6.61. The first-order valence-electron chi connectivity index (χ1n) is 6.74. The molecule has 0 aliphatic carbocycles. The zero-order valence-electron chi connectivity index (χ0n) is 11.4. The fraction of sp³-hybridized carbons (Fsp3) is 0.538. The van der Waals surface area contributed by atoms with E-state index in [1.807, 2.05) is 0 Å². The van der Waals surface area contributed by atoms with Gasteiger partial charge in [-0.25, -0.2) is 8.42 Å². The van der Waals surface area contributed by atoms with Crippen LogP contribution in [0.25, 0.3) is 0 Å². The van der Waals surface area contributed by atoms with E-state index in [1.54, 1.807) is 18.2 Å². The number of hydrogen-bond acceptors (Lipinski definition) is 4. The molecule has 1 fully saturated rings. The highest BCUT2D eigenvalue weighted by Gasteiger charge is 2.29. The maximum absolute atomic E-state index is 12.8. The van der Waals surface area contributed by atoms with Crippen molar-refractivity contribution in [3.05, 3.63) is 27.1 Å². The smallest absolute Gasteiger partial charge is 0.244 e.